The molecule has 1 aromatic carbocycles. The van der Waals surface area contributed by atoms with E-state index in [1.165, 1.54) is 36.8 Å². The fourth-order valence-corrected chi connectivity index (χ4v) is 9.89. The highest BCUT2D eigenvalue weighted by molar-refractivity contribution is 5.98. The Morgan fingerprint density at radius 2 is 1.84 bits per heavy atom. The minimum atomic E-state index is -0.407. The lowest BCUT2D eigenvalue weighted by atomic mass is 9.46. The minimum Gasteiger partial charge on any atom is -0.364 e. The fourth-order valence-electron chi connectivity index (χ4n) is 9.89. The monoisotopic (exact) mass is 503 g/mol. The molecule has 5 heteroatoms. The van der Waals surface area contributed by atoms with Crippen LogP contribution >= 0.6 is 0 Å². The van der Waals surface area contributed by atoms with Gasteiger partial charge in [-0.2, -0.15) is 0 Å². The quantitative estimate of drug-likeness (QED) is 0.518. The highest BCUT2D eigenvalue weighted by Crippen LogP contribution is 2.65. The molecule has 2 aliphatic carbocycles. The van der Waals surface area contributed by atoms with Crippen LogP contribution in [0.25, 0.3) is 0 Å². The number of anilines is 1. The van der Waals surface area contributed by atoms with E-state index in [0.717, 1.165) is 18.5 Å². The molecule has 1 N–H and O–H groups in total. The molecule has 2 amide bonds. The first-order valence-electron chi connectivity index (χ1n) is 14.5. The van der Waals surface area contributed by atoms with Crippen LogP contribution in [0.3, 0.4) is 0 Å². The number of nitrogens with one attached hydrogen (secondary N) is 1. The highest BCUT2D eigenvalue weighted by Gasteiger charge is 2.66. The van der Waals surface area contributed by atoms with Crippen molar-refractivity contribution in [3.63, 3.8) is 0 Å². The van der Waals surface area contributed by atoms with Crippen LogP contribution < -0.4 is 5.32 Å². The van der Waals surface area contributed by atoms with Crippen molar-refractivity contribution in [1.29, 1.82) is 0 Å². The van der Waals surface area contributed by atoms with E-state index in [9.17, 15) is 9.59 Å². The van der Waals surface area contributed by atoms with E-state index in [2.05, 4.69) is 56.9 Å². The second kappa shape index (κ2) is 8.10. The van der Waals surface area contributed by atoms with Crippen LogP contribution in [-0.2, 0) is 15.0 Å². The molecule has 5 nitrogen and oxygen atoms in total. The predicted molar refractivity (Wildman–Crippen MR) is 148 cm³/mol. The van der Waals surface area contributed by atoms with E-state index < -0.39 is 12.1 Å². The minimum absolute atomic E-state index is 0.0726. The van der Waals surface area contributed by atoms with Crippen LogP contribution in [0.15, 0.2) is 36.4 Å². The molecule has 3 aliphatic heterocycles. The van der Waals surface area contributed by atoms with Crippen LogP contribution in [0.5, 0.6) is 0 Å². The Labute approximate surface area is 223 Å². The molecule has 4 fully saturated rings. The lowest BCUT2D eigenvalue weighted by molar-refractivity contribution is -0.161. The molecule has 2 saturated heterocycles. The van der Waals surface area contributed by atoms with Gasteiger partial charge in [0.05, 0.1) is 0 Å². The number of carbonyl (C=O) groups excluding carboxylic acids is 2. The first kappa shape index (κ1) is 25.0. The third-order valence-corrected chi connectivity index (χ3v) is 11.5. The molecule has 37 heavy (non-hydrogen) atoms. The Bertz CT molecular complexity index is 1160. The van der Waals surface area contributed by atoms with E-state index in [4.69, 9.17) is 0 Å². The van der Waals surface area contributed by atoms with Gasteiger partial charge in [-0.1, -0.05) is 71.4 Å². The molecule has 2 saturated carbocycles. The number of piperazine rings is 1. The summed E-state index contributed by atoms with van der Waals surface area (Å²) in [5.74, 6) is 1.32. The van der Waals surface area contributed by atoms with Gasteiger partial charge in [0.2, 0.25) is 11.8 Å². The molecule has 5 aliphatic rings. The van der Waals surface area contributed by atoms with Crippen LogP contribution in [0.4, 0.5) is 5.69 Å². The van der Waals surface area contributed by atoms with Gasteiger partial charge in [0, 0.05) is 18.2 Å². The Morgan fingerprint density at radius 3 is 2.57 bits per heavy atom. The molecule has 0 spiro atoms. The van der Waals surface area contributed by atoms with Crippen molar-refractivity contribution in [2.75, 3.05) is 12.4 Å². The van der Waals surface area contributed by atoms with Crippen molar-refractivity contribution in [2.45, 2.75) is 103 Å². The average molecular weight is 504 g/mol. The summed E-state index contributed by atoms with van der Waals surface area (Å²) in [6.45, 7) is 16.3. The Kier molecular flexibility index (Phi) is 5.47. The Balaban J connectivity index is 1.46. The van der Waals surface area contributed by atoms with Crippen molar-refractivity contribution < 1.29 is 9.59 Å². The molecule has 0 aromatic heterocycles. The van der Waals surface area contributed by atoms with Gasteiger partial charge >= 0.3 is 0 Å². The predicted octanol–water partition coefficient (Wildman–Crippen LogP) is 5.96. The average Bonchev–Trinajstić information content (AvgIpc) is 3.30. The molecule has 0 bridgehead atoms. The maximum atomic E-state index is 14.0. The summed E-state index contributed by atoms with van der Waals surface area (Å²) in [5, 5.41) is 3.77. The van der Waals surface area contributed by atoms with Crippen molar-refractivity contribution in [3.05, 3.63) is 42.0 Å². The first-order chi connectivity index (χ1) is 17.4. The molecule has 3 heterocycles. The normalized spacial score (nSPS) is 40.3. The Morgan fingerprint density at radius 1 is 1.11 bits per heavy atom. The number of amides is 2. The van der Waals surface area contributed by atoms with E-state index in [1.54, 1.807) is 4.90 Å². The zero-order chi connectivity index (χ0) is 26.5. The second-order valence-electron chi connectivity index (χ2n) is 14.2. The number of nitrogens with zero attached hydrogens (tertiary/aromatic N) is 2. The van der Waals surface area contributed by atoms with Gasteiger partial charge in [0.1, 0.15) is 18.2 Å². The third kappa shape index (κ3) is 3.27. The van der Waals surface area contributed by atoms with Crippen LogP contribution in [0.2, 0.25) is 0 Å². The van der Waals surface area contributed by atoms with Gasteiger partial charge in [0.15, 0.2) is 0 Å². The van der Waals surface area contributed by atoms with Gasteiger partial charge in [-0.3, -0.25) is 9.59 Å². The number of rotatable bonds is 3. The van der Waals surface area contributed by atoms with E-state index in [1.807, 2.05) is 25.8 Å². The summed E-state index contributed by atoms with van der Waals surface area (Å²) in [6, 6.07) is 7.79. The molecule has 7 unspecified atom stereocenters. The standard InChI is InChI=1S/C32H45N3O2/c1-19(2)26-28(37)35-24(27(36)34(26)7)18-32(21-11-8-9-12-23(21)33-29(32)35)17-22-20(3)13-14-25-30(4,5)15-10-16-31(22,25)6/h8-9,11-12,19,22,24-26,29,33H,3,10,13-18H2,1-2,4-7H3. The summed E-state index contributed by atoms with van der Waals surface area (Å²) in [5.41, 5.74) is 4.03. The number of benzene rings is 1. The van der Waals surface area contributed by atoms with Crippen molar-refractivity contribution in [2.24, 2.45) is 28.6 Å². The fraction of sp³-hybridized carbons (Fsp3) is 0.688. The summed E-state index contributed by atoms with van der Waals surface area (Å²) >= 11 is 0. The number of carbonyl (C=O) groups is 2. The van der Waals surface area contributed by atoms with Gasteiger partial charge in [0.25, 0.3) is 0 Å². The zero-order valence-corrected chi connectivity index (χ0v) is 23.6. The number of fused-ring (bicyclic) bond motifs is 6. The molecule has 7 atom stereocenters. The molecule has 1 aromatic rings. The van der Waals surface area contributed by atoms with Gasteiger partial charge < -0.3 is 15.1 Å². The number of hydrogen-bond donors (Lipinski definition) is 1. The summed E-state index contributed by atoms with van der Waals surface area (Å²) in [7, 11) is 1.82. The topological polar surface area (TPSA) is 52.7 Å². The second-order valence-corrected chi connectivity index (χ2v) is 14.2. The third-order valence-electron chi connectivity index (χ3n) is 11.5. The van der Waals surface area contributed by atoms with E-state index in [0.29, 0.717) is 23.7 Å². The van der Waals surface area contributed by atoms with Crippen molar-refractivity contribution in [1.82, 2.24) is 9.80 Å². The number of hydrogen-bond acceptors (Lipinski definition) is 3. The lowest BCUT2D eigenvalue weighted by Crippen LogP contribution is -2.65. The first-order valence-corrected chi connectivity index (χ1v) is 14.5. The van der Waals surface area contributed by atoms with Crippen molar-refractivity contribution in [3.8, 4) is 0 Å². The maximum absolute atomic E-state index is 14.0. The van der Waals surface area contributed by atoms with Crippen LogP contribution in [0.1, 0.15) is 85.1 Å². The maximum Gasteiger partial charge on any atom is 0.247 e. The molecule has 200 valence electrons. The van der Waals surface area contributed by atoms with Crippen LogP contribution in [-0.4, -0.2) is 46.9 Å². The summed E-state index contributed by atoms with van der Waals surface area (Å²) < 4.78 is 0. The van der Waals surface area contributed by atoms with E-state index >= 15 is 0 Å². The molecular formula is C32H45N3O2. The van der Waals surface area contributed by atoms with E-state index in [-0.39, 0.29) is 34.7 Å². The molecule has 6 rings (SSSR count). The smallest absolute Gasteiger partial charge is 0.247 e. The SMILES string of the molecule is C=C1CCC2C(C)(C)CCCC2(C)C1CC12CC3C(=O)N(C)C(C(C)C)C(=O)N3C1Nc1ccccc12. The summed E-state index contributed by atoms with van der Waals surface area (Å²) in [4.78, 5) is 31.5. The highest BCUT2D eigenvalue weighted by atomic mass is 16.2. The largest absolute Gasteiger partial charge is 0.364 e. The lowest BCUT2D eigenvalue weighted by Gasteiger charge is -2.59. The van der Waals surface area contributed by atoms with Gasteiger partial charge in [-0.25, -0.2) is 0 Å². The zero-order valence-electron chi connectivity index (χ0n) is 23.6. The van der Waals surface area contributed by atoms with Gasteiger partial charge in [-0.05, 0) is 78.7 Å². The number of likely N-dealkylation sites (N-methyl/N-ethyl adjacent to an activating group) is 1. The number of allylic oxidation sites excluding steroid dienone is 1. The van der Waals surface area contributed by atoms with Crippen LogP contribution in [0, 0.1) is 28.6 Å². The van der Waals surface area contributed by atoms with Gasteiger partial charge in [-0.15, -0.1) is 0 Å². The molecular weight excluding hydrogens is 458 g/mol. The Hall–Kier alpha value is -2.30. The molecule has 0 radical (unpaired) electrons. The number of para-hydroxylation sites is 1. The van der Waals surface area contributed by atoms with Crippen molar-refractivity contribution >= 4 is 17.5 Å². The summed E-state index contributed by atoms with van der Waals surface area (Å²) in [6.07, 6.45) is 7.58.